The van der Waals surface area contributed by atoms with Gasteiger partial charge in [0.1, 0.15) is 6.04 Å². The lowest BCUT2D eigenvalue weighted by Crippen LogP contribution is -2.43. The molecule has 1 aromatic carbocycles. The predicted octanol–water partition coefficient (Wildman–Crippen LogP) is 1.42. The van der Waals surface area contributed by atoms with Gasteiger partial charge in [-0.2, -0.15) is 0 Å². The maximum Gasteiger partial charge on any atom is 0.242 e. The summed E-state index contributed by atoms with van der Waals surface area (Å²) in [7, 11) is 0. The second-order valence-electron chi connectivity index (χ2n) is 5.48. The van der Waals surface area contributed by atoms with Crippen molar-refractivity contribution in [1.82, 2.24) is 10.6 Å². The van der Waals surface area contributed by atoms with Crippen LogP contribution in [0.15, 0.2) is 24.3 Å². The van der Waals surface area contributed by atoms with Gasteiger partial charge < -0.3 is 16.0 Å². The molecule has 0 unspecified atom stereocenters. The fourth-order valence-corrected chi connectivity index (χ4v) is 1.71. The van der Waals surface area contributed by atoms with E-state index in [0.29, 0.717) is 6.54 Å². The van der Waals surface area contributed by atoms with Crippen molar-refractivity contribution in [3.63, 3.8) is 0 Å². The van der Waals surface area contributed by atoms with Crippen LogP contribution in [0.5, 0.6) is 0 Å². The summed E-state index contributed by atoms with van der Waals surface area (Å²) in [6.07, 6.45) is 0. The minimum Gasteiger partial charge on any atom is -0.350 e. The average molecular weight is 305 g/mol. The van der Waals surface area contributed by atoms with Crippen LogP contribution < -0.4 is 16.0 Å². The SMILES string of the molecule is CC(=O)N[C@H](C)C(=O)NCc1ccc(NC(=O)C(C)C)cc1. The Balaban J connectivity index is 2.49. The maximum absolute atomic E-state index is 11.8. The lowest BCUT2D eigenvalue weighted by molar-refractivity contribution is -0.127. The molecular formula is C16H23N3O3. The normalized spacial score (nSPS) is 11.7. The van der Waals surface area contributed by atoms with Crippen LogP contribution in [-0.4, -0.2) is 23.8 Å². The molecule has 3 amide bonds. The molecule has 0 saturated heterocycles. The molecule has 1 atom stereocenters. The van der Waals surface area contributed by atoms with Crippen molar-refractivity contribution in [2.75, 3.05) is 5.32 Å². The summed E-state index contributed by atoms with van der Waals surface area (Å²) in [5.74, 6) is -0.598. The molecule has 1 aromatic rings. The monoisotopic (exact) mass is 305 g/mol. The highest BCUT2D eigenvalue weighted by Gasteiger charge is 2.13. The first-order valence-electron chi connectivity index (χ1n) is 7.24. The molecule has 0 bridgehead atoms. The van der Waals surface area contributed by atoms with E-state index in [4.69, 9.17) is 0 Å². The van der Waals surface area contributed by atoms with E-state index < -0.39 is 6.04 Å². The van der Waals surface area contributed by atoms with Gasteiger partial charge in [-0.15, -0.1) is 0 Å². The minimum atomic E-state index is -0.567. The van der Waals surface area contributed by atoms with E-state index in [1.54, 1.807) is 19.1 Å². The number of benzene rings is 1. The number of amides is 3. The van der Waals surface area contributed by atoms with Gasteiger partial charge in [0.2, 0.25) is 17.7 Å². The fourth-order valence-electron chi connectivity index (χ4n) is 1.71. The van der Waals surface area contributed by atoms with Crippen molar-refractivity contribution in [3.05, 3.63) is 29.8 Å². The topological polar surface area (TPSA) is 87.3 Å². The van der Waals surface area contributed by atoms with E-state index >= 15 is 0 Å². The van der Waals surface area contributed by atoms with Gasteiger partial charge in [0.15, 0.2) is 0 Å². The second kappa shape index (κ2) is 8.17. The van der Waals surface area contributed by atoms with E-state index in [1.165, 1.54) is 6.92 Å². The zero-order valence-corrected chi connectivity index (χ0v) is 13.4. The first kappa shape index (κ1) is 17.7. The van der Waals surface area contributed by atoms with Crippen molar-refractivity contribution in [1.29, 1.82) is 0 Å². The van der Waals surface area contributed by atoms with Crippen molar-refractivity contribution in [2.45, 2.75) is 40.3 Å². The van der Waals surface area contributed by atoms with Crippen LogP contribution in [0.25, 0.3) is 0 Å². The van der Waals surface area contributed by atoms with Crippen LogP contribution in [0.1, 0.15) is 33.3 Å². The maximum atomic E-state index is 11.8. The van der Waals surface area contributed by atoms with E-state index in [2.05, 4.69) is 16.0 Å². The van der Waals surface area contributed by atoms with Crippen molar-refractivity contribution < 1.29 is 14.4 Å². The van der Waals surface area contributed by atoms with Gasteiger partial charge in [-0.25, -0.2) is 0 Å². The minimum absolute atomic E-state index is 0.0369. The van der Waals surface area contributed by atoms with E-state index in [-0.39, 0.29) is 23.6 Å². The molecule has 0 aliphatic heterocycles. The highest BCUT2D eigenvalue weighted by Crippen LogP contribution is 2.11. The van der Waals surface area contributed by atoms with E-state index in [0.717, 1.165) is 11.3 Å². The Labute approximate surface area is 130 Å². The molecule has 3 N–H and O–H groups in total. The largest absolute Gasteiger partial charge is 0.350 e. The number of anilines is 1. The molecule has 0 fully saturated rings. The van der Waals surface area contributed by atoms with Crippen molar-refractivity contribution >= 4 is 23.4 Å². The van der Waals surface area contributed by atoms with Gasteiger partial charge in [-0.05, 0) is 24.6 Å². The fraction of sp³-hybridized carbons (Fsp3) is 0.438. The lowest BCUT2D eigenvalue weighted by Gasteiger charge is -2.13. The van der Waals surface area contributed by atoms with Crippen LogP contribution >= 0.6 is 0 Å². The first-order valence-corrected chi connectivity index (χ1v) is 7.24. The Bertz CT molecular complexity index is 538. The molecule has 120 valence electrons. The van der Waals surface area contributed by atoms with Crippen molar-refractivity contribution in [2.24, 2.45) is 5.92 Å². The molecule has 0 radical (unpaired) electrons. The Hall–Kier alpha value is -2.37. The summed E-state index contributed by atoms with van der Waals surface area (Å²) in [5, 5.41) is 8.06. The van der Waals surface area contributed by atoms with E-state index in [1.807, 2.05) is 26.0 Å². The number of hydrogen-bond donors (Lipinski definition) is 3. The van der Waals surface area contributed by atoms with Crippen LogP contribution in [0.2, 0.25) is 0 Å². The quantitative estimate of drug-likeness (QED) is 0.743. The molecule has 0 aliphatic carbocycles. The number of nitrogens with one attached hydrogen (secondary N) is 3. The molecule has 0 spiro atoms. The van der Waals surface area contributed by atoms with Crippen LogP contribution in [0.4, 0.5) is 5.69 Å². The van der Waals surface area contributed by atoms with Gasteiger partial charge in [0.05, 0.1) is 0 Å². The third-order valence-electron chi connectivity index (χ3n) is 3.03. The highest BCUT2D eigenvalue weighted by molar-refractivity contribution is 5.92. The summed E-state index contributed by atoms with van der Waals surface area (Å²) >= 11 is 0. The van der Waals surface area contributed by atoms with Gasteiger partial charge in [0, 0.05) is 25.1 Å². The Morgan fingerprint density at radius 3 is 2.09 bits per heavy atom. The smallest absolute Gasteiger partial charge is 0.242 e. The molecule has 6 heteroatoms. The molecule has 0 heterocycles. The molecule has 22 heavy (non-hydrogen) atoms. The third kappa shape index (κ3) is 5.95. The average Bonchev–Trinajstić information content (AvgIpc) is 2.45. The number of hydrogen-bond acceptors (Lipinski definition) is 3. The highest BCUT2D eigenvalue weighted by atomic mass is 16.2. The number of carbonyl (C=O) groups excluding carboxylic acids is 3. The summed E-state index contributed by atoms with van der Waals surface area (Å²) in [5.41, 5.74) is 1.63. The van der Waals surface area contributed by atoms with Gasteiger partial charge in [-0.1, -0.05) is 26.0 Å². The van der Waals surface area contributed by atoms with Crippen molar-refractivity contribution in [3.8, 4) is 0 Å². The zero-order valence-electron chi connectivity index (χ0n) is 13.4. The summed E-state index contributed by atoms with van der Waals surface area (Å²) in [6, 6.07) is 6.68. The Kier molecular flexibility index (Phi) is 6.56. The second-order valence-corrected chi connectivity index (χ2v) is 5.48. The van der Waals surface area contributed by atoms with Crippen LogP contribution in [0.3, 0.4) is 0 Å². The summed E-state index contributed by atoms with van der Waals surface area (Å²) < 4.78 is 0. The Morgan fingerprint density at radius 1 is 1.00 bits per heavy atom. The zero-order chi connectivity index (χ0) is 16.7. The third-order valence-corrected chi connectivity index (χ3v) is 3.03. The lowest BCUT2D eigenvalue weighted by atomic mass is 10.1. The van der Waals surface area contributed by atoms with E-state index in [9.17, 15) is 14.4 Å². The van der Waals surface area contributed by atoms with Gasteiger partial charge in [-0.3, -0.25) is 14.4 Å². The molecule has 0 aromatic heterocycles. The van der Waals surface area contributed by atoms with Crippen LogP contribution in [0, 0.1) is 5.92 Å². The standard InChI is InChI=1S/C16H23N3O3/c1-10(2)15(21)19-14-7-5-13(6-8-14)9-17-16(22)11(3)18-12(4)20/h5-8,10-11H,9H2,1-4H3,(H,17,22)(H,18,20)(H,19,21)/t11-/m1/s1. The Morgan fingerprint density at radius 2 is 1.59 bits per heavy atom. The van der Waals surface area contributed by atoms with Crippen LogP contribution in [-0.2, 0) is 20.9 Å². The molecular weight excluding hydrogens is 282 g/mol. The summed E-state index contributed by atoms with van der Waals surface area (Å²) in [4.78, 5) is 34.2. The first-order chi connectivity index (χ1) is 10.3. The molecule has 1 rings (SSSR count). The molecule has 0 saturated carbocycles. The predicted molar refractivity (Wildman–Crippen MR) is 85.0 cm³/mol. The molecule has 6 nitrogen and oxygen atoms in total. The molecule has 0 aliphatic rings. The summed E-state index contributed by atoms with van der Waals surface area (Å²) in [6.45, 7) is 7.02. The number of rotatable bonds is 6. The van der Waals surface area contributed by atoms with Gasteiger partial charge in [0.25, 0.3) is 0 Å². The number of carbonyl (C=O) groups is 3. The van der Waals surface area contributed by atoms with Gasteiger partial charge >= 0.3 is 0 Å².